The highest BCUT2D eigenvalue weighted by atomic mass is 16.3. The van der Waals surface area contributed by atoms with Crippen LogP contribution in [-0.2, 0) is 4.79 Å². The third-order valence-electron chi connectivity index (χ3n) is 4.90. The van der Waals surface area contributed by atoms with Crippen LogP contribution in [0.4, 0.5) is 11.4 Å². The van der Waals surface area contributed by atoms with Crippen molar-refractivity contribution in [1.82, 2.24) is 4.98 Å². The van der Waals surface area contributed by atoms with E-state index < -0.39 is 0 Å². The number of carbonyl (C=O) groups is 1. The van der Waals surface area contributed by atoms with Gasteiger partial charge in [0.05, 0.1) is 5.69 Å². The van der Waals surface area contributed by atoms with E-state index in [9.17, 15) is 9.59 Å². The minimum Gasteiger partial charge on any atom is -0.453 e. The number of fused-ring (bicyclic) bond motifs is 4. The van der Waals surface area contributed by atoms with Crippen LogP contribution in [0.25, 0.3) is 33.3 Å². The third-order valence-corrected chi connectivity index (χ3v) is 4.90. The molecule has 2 aliphatic rings. The van der Waals surface area contributed by atoms with Crippen LogP contribution >= 0.6 is 0 Å². The van der Waals surface area contributed by atoms with E-state index in [1.807, 2.05) is 18.2 Å². The van der Waals surface area contributed by atoms with Crippen LogP contribution in [0.5, 0.6) is 0 Å². The van der Waals surface area contributed by atoms with Gasteiger partial charge in [-0.15, -0.1) is 0 Å². The number of benzene rings is 3. The molecule has 2 aromatic carbocycles. The lowest BCUT2D eigenvalue weighted by atomic mass is 10.0. The Morgan fingerprint density at radius 3 is 2.64 bits per heavy atom. The summed E-state index contributed by atoms with van der Waals surface area (Å²) in [6.07, 6.45) is 0. The van der Waals surface area contributed by atoms with Gasteiger partial charge in [-0.1, -0.05) is 12.1 Å². The topological polar surface area (TPSA) is 75.4 Å². The summed E-state index contributed by atoms with van der Waals surface area (Å²) in [6.45, 7) is 7.41. The number of hydrogen-bond acceptors (Lipinski definition) is 5. The molecule has 0 bridgehead atoms. The van der Waals surface area contributed by atoms with Crippen molar-refractivity contribution < 1.29 is 9.21 Å². The number of carbonyl (C=O) groups excluding carboxylic acids is 1. The zero-order valence-electron chi connectivity index (χ0n) is 16.1. The molecule has 1 heterocycles. The molecule has 1 aliphatic carbocycles. The van der Waals surface area contributed by atoms with Crippen molar-refractivity contribution in [1.29, 1.82) is 0 Å². The largest absolute Gasteiger partial charge is 0.453 e. The van der Waals surface area contributed by atoms with E-state index in [-0.39, 0.29) is 11.3 Å². The Labute approximate surface area is 162 Å². The van der Waals surface area contributed by atoms with Crippen molar-refractivity contribution in [2.45, 2.75) is 20.8 Å². The highest BCUT2D eigenvalue weighted by molar-refractivity contribution is 6.08. The van der Waals surface area contributed by atoms with Crippen molar-refractivity contribution >= 4 is 39.2 Å². The first-order chi connectivity index (χ1) is 13.5. The van der Waals surface area contributed by atoms with E-state index in [0.29, 0.717) is 39.0 Å². The summed E-state index contributed by atoms with van der Waals surface area (Å²) in [6, 6.07) is 12.6. The maximum absolute atomic E-state index is 12.6. The minimum absolute atomic E-state index is 0.167. The van der Waals surface area contributed by atoms with Gasteiger partial charge in [0.2, 0.25) is 5.91 Å². The molecule has 0 radical (unpaired) electrons. The van der Waals surface area contributed by atoms with E-state index in [1.165, 1.54) is 13.0 Å². The van der Waals surface area contributed by atoms with Crippen molar-refractivity contribution in [3.63, 3.8) is 0 Å². The van der Waals surface area contributed by atoms with E-state index in [1.54, 1.807) is 18.2 Å². The second kappa shape index (κ2) is 6.96. The number of anilines is 2. The molecule has 6 heteroatoms. The summed E-state index contributed by atoms with van der Waals surface area (Å²) in [5.74, 6) is 0.193. The summed E-state index contributed by atoms with van der Waals surface area (Å²) in [5.41, 5.74) is 3.30. The summed E-state index contributed by atoms with van der Waals surface area (Å²) in [7, 11) is 0. The average molecular weight is 375 g/mol. The smallest absolute Gasteiger partial charge is 0.221 e. The molecule has 4 rings (SSSR count). The maximum atomic E-state index is 12.6. The highest BCUT2D eigenvalue weighted by Gasteiger charge is 2.19. The van der Waals surface area contributed by atoms with Gasteiger partial charge in [0.15, 0.2) is 16.8 Å². The number of hydrogen-bond donors (Lipinski definition) is 1. The average Bonchev–Trinajstić information content (AvgIpc) is 2.67. The molecule has 28 heavy (non-hydrogen) atoms. The van der Waals surface area contributed by atoms with Crippen LogP contribution in [0.3, 0.4) is 0 Å². The molecule has 1 aliphatic heterocycles. The van der Waals surface area contributed by atoms with Crippen LogP contribution in [0.2, 0.25) is 0 Å². The quantitative estimate of drug-likeness (QED) is 0.426. The lowest BCUT2D eigenvalue weighted by Crippen LogP contribution is -2.21. The van der Waals surface area contributed by atoms with Gasteiger partial charge in [0.25, 0.3) is 0 Å². The second-order valence-corrected chi connectivity index (χ2v) is 6.67. The van der Waals surface area contributed by atoms with Gasteiger partial charge in [0.1, 0.15) is 11.2 Å². The zero-order valence-corrected chi connectivity index (χ0v) is 16.1. The van der Waals surface area contributed by atoms with Crippen molar-refractivity contribution in [3.05, 3.63) is 52.7 Å². The van der Waals surface area contributed by atoms with Gasteiger partial charge in [0, 0.05) is 48.6 Å². The normalized spacial score (nSPS) is 11.2. The fourth-order valence-electron chi connectivity index (χ4n) is 3.59. The van der Waals surface area contributed by atoms with Crippen LogP contribution < -0.4 is 15.6 Å². The Hall–Kier alpha value is -3.41. The Kier molecular flexibility index (Phi) is 4.47. The molecule has 6 nitrogen and oxygen atoms in total. The molecule has 0 spiro atoms. The monoisotopic (exact) mass is 375 g/mol. The number of rotatable bonds is 4. The molecule has 142 valence electrons. The van der Waals surface area contributed by atoms with Crippen LogP contribution in [0, 0.1) is 0 Å². The minimum atomic E-state index is -0.210. The van der Waals surface area contributed by atoms with Gasteiger partial charge in [-0.3, -0.25) is 9.59 Å². The van der Waals surface area contributed by atoms with Gasteiger partial charge in [-0.05, 0) is 32.0 Å². The summed E-state index contributed by atoms with van der Waals surface area (Å²) >= 11 is 0. The Bertz CT molecular complexity index is 1230. The van der Waals surface area contributed by atoms with Crippen molar-refractivity contribution in [3.8, 4) is 11.5 Å². The summed E-state index contributed by atoms with van der Waals surface area (Å²) in [5, 5.41) is 3.88. The number of nitrogens with zero attached hydrogens (tertiary/aromatic N) is 2. The first-order valence-corrected chi connectivity index (χ1v) is 9.34. The van der Waals surface area contributed by atoms with Crippen LogP contribution in [0.15, 0.2) is 51.7 Å². The molecular weight excluding hydrogens is 354 g/mol. The van der Waals surface area contributed by atoms with E-state index >= 15 is 0 Å². The predicted molar refractivity (Wildman–Crippen MR) is 112 cm³/mol. The van der Waals surface area contributed by atoms with E-state index in [2.05, 4.69) is 24.1 Å². The van der Waals surface area contributed by atoms with Gasteiger partial charge in [-0.25, -0.2) is 4.98 Å². The number of amides is 1. The standard InChI is InChI=1S/C22H21N3O3/c1-4-25(5-2)14-9-10-16-19(11-14)28-20-12-18(27)15-7-6-8-17(23-13(3)26)21(15)22(20)24-16/h6-12H,4-5H2,1-3H3,(H,23,26). The number of aromatic nitrogens is 1. The summed E-state index contributed by atoms with van der Waals surface area (Å²) in [4.78, 5) is 31.2. The Morgan fingerprint density at radius 1 is 1.14 bits per heavy atom. The maximum Gasteiger partial charge on any atom is 0.221 e. The van der Waals surface area contributed by atoms with Gasteiger partial charge < -0.3 is 14.6 Å². The van der Waals surface area contributed by atoms with E-state index in [4.69, 9.17) is 9.40 Å². The summed E-state index contributed by atoms with van der Waals surface area (Å²) < 4.78 is 6.07. The first kappa shape index (κ1) is 18.0. The Morgan fingerprint density at radius 2 is 1.93 bits per heavy atom. The molecule has 0 aromatic heterocycles. The molecule has 0 saturated heterocycles. The fourth-order valence-corrected chi connectivity index (χ4v) is 3.59. The van der Waals surface area contributed by atoms with E-state index in [0.717, 1.165) is 18.8 Å². The molecule has 1 N–H and O–H groups in total. The van der Waals surface area contributed by atoms with Gasteiger partial charge >= 0.3 is 0 Å². The molecule has 2 aromatic rings. The number of nitrogens with one attached hydrogen (secondary N) is 1. The molecule has 0 saturated carbocycles. The molecule has 0 atom stereocenters. The fraction of sp³-hybridized carbons (Fsp3) is 0.227. The second-order valence-electron chi connectivity index (χ2n) is 6.67. The van der Waals surface area contributed by atoms with Crippen LogP contribution in [0.1, 0.15) is 20.8 Å². The first-order valence-electron chi connectivity index (χ1n) is 9.34. The highest BCUT2D eigenvalue weighted by Crippen LogP contribution is 2.35. The lowest BCUT2D eigenvalue weighted by Gasteiger charge is -2.21. The predicted octanol–water partition coefficient (Wildman–Crippen LogP) is 4.25. The zero-order chi connectivity index (χ0) is 19.8. The molecule has 0 fully saturated rings. The lowest BCUT2D eigenvalue weighted by molar-refractivity contribution is -0.114. The SMILES string of the molecule is CCN(CC)c1ccc2nc3c4c(NC(C)=O)cccc4c(=O)cc-3oc2c1. The van der Waals surface area contributed by atoms with Crippen molar-refractivity contribution in [2.24, 2.45) is 0 Å². The molecule has 1 amide bonds. The van der Waals surface area contributed by atoms with Gasteiger partial charge in [-0.2, -0.15) is 0 Å². The molecule has 0 unspecified atom stereocenters. The molecular formula is C22H21N3O3. The van der Waals surface area contributed by atoms with Crippen LogP contribution in [-0.4, -0.2) is 24.0 Å². The Balaban J connectivity index is 2.03. The van der Waals surface area contributed by atoms with Crippen molar-refractivity contribution in [2.75, 3.05) is 23.3 Å². The third kappa shape index (κ3) is 2.97.